The van der Waals surface area contributed by atoms with Crippen LogP contribution in [0.4, 0.5) is 6.01 Å². The molecule has 124 valence electrons. The zero-order valence-corrected chi connectivity index (χ0v) is 14.0. The fraction of sp³-hybridized carbons (Fsp3) is 0.333. The molecular formula is C18H19N3O2S. The zero-order chi connectivity index (χ0) is 16.2. The summed E-state index contributed by atoms with van der Waals surface area (Å²) in [5, 5.41) is 13.6. The van der Waals surface area contributed by atoms with Gasteiger partial charge in [-0.1, -0.05) is 41.5 Å². The van der Waals surface area contributed by atoms with Crippen molar-refractivity contribution in [3.05, 3.63) is 64.2 Å². The van der Waals surface area contributed by atoms with Gasteiger partial charge in [0.05, 0.1) is 0 Å². The Balaban J connectivity index is 1.40. The molecule has 6 heteroatoms. The van der Waals surface area contributed by atoms with Crippen molar-refractivity contribution in [2.45, 2.75) is 24.9 Å². The van der Waals surface area contributed by atoms with Crippen LogP contribution in [-0.2, 0) is 11.2 Å². The molecule has 0 bridgehead atoms. The summed E-state index contributed by atoms with van der Waals surface area (Å²) in [5.74, 6) is 0.825. The van der Waals surface area contributed by atoms with E-state index >= 15 is 0 Å². The van der Waals surface area contributed by atoms with Gasteiger partial charge < -0.3 is 14.5 Å². The first-order chi connectivity index (χ1) is 11.9. The predicted octanol–water partition coefficient (Wildman–Crippen LogP) is 4.03. The SMILES string of the molecule is c1ccc([C@H]2CCO[C@H]2c2nnc(NCCc3cccs3)o2)cc1. The van der Waals surface area contributed by atoms with E-state index in [2.05, 4.69) is 57.3 Å². The van der Waals surface area contributed by atoms with Crippen molar-refractivity contribution in [2.75, 3.05) is 18.5 Å². The molecule has 2 aromatic heterocycles. The van der Waals surface area contributed by atoms with E-state index in [9.17, 15) is 0 Å². The van der Waals surface area contributed by atoms with Crippen molar-refractivity contribution < 1.29 is 9.15 Å². The lowest BCUT2D eigenvalue weighted by atomic mass is 9.92. The van der Waals surface area contributed by atoms with Gasteiger partial charge in [0, 0.05) is 23.9 Å². The number of ether oxygens (including phenoxy) is 1. The van der Waals surface area contributed by atoms with Crippen molar-refractivity contribution in [3.63, 3.8) is 0 Å². The van der Waals surface area contributed by atoms with Crippen molar-refractivity contribution in [2.24, 2.45) is 0 Å². The van der Waals surface area contributed by atoms with Crippen LogP contribution in [0.2, 0.25) is 0 Å². The highest BCUT2D eigenvalue weighted by Gasteiger charge is 2.34. The van der Waals surface area contributed by atoms with Gasteiger partial charge in [-0.3, -0.25) is 0 Å². The first-order valence-corrected chi connectivity index (χ1v) is 9.04. The number of rotatable bonds is 6. The minimum atomic E-state index is -0.159. The third-order valence-electron chi connectivity index (χ3n) is 4.23. The molecule has 24 heavy (non-hydrogen) atoms. The van der Waals surface area contributed by atoms with E-state index in [4.69, 9.17) is 9.15 Å². The second-order valence-electron chi connectivity index (χ2n) is 5.80. The summed E-state index contributed by atoms with van der Waals surface area (Å²) in [6, 6.07) is 15.0. The molecule has 5 nitrogen and oxygen atoms in total. The van der Waals surface area contributed by atoms with Crippen LogP contribution in [0.15, 0.2) is 52.3 Å². The zero-order valence-electron chi connectivity index (χ0n) is 13.2. The summed E-state index contributed by atoms with van der Waals surface area (Å²) in [6.45, 7) is 1.49. The minimum absolute atomic E-state index is 0.159. The lowest BCUT2D eigenvalue weighted by molar-refractivity contribution is 0.0818. The molecule has 3 aromatic rings. The Morgan fingerprint density at radius 2 is 2.04 bits per heavy atom. The molecule has 0 aliphatic carbocycles. The fourth-order valence-corrected chi connectivity index (χ4v) is 3.75. The van der Waals surface area contributed by atoms with E-state index in [1.54, 1.807) is 11.3 Å². The monoisotopic (exact) mass is 341 g/mol. The van der Waals surface area contributed by atoms with Crippen LogP contribution in [0, 0.1) is 0 Å². The van der Waals surface area contributed by atoms with Crippen LogP contribution in [-0.4, -0.2) is 23.3 Å². The Hall–Kier alpha value is -2.18. The van der Waals surface area contributed by atoms with Gasteiger partial charge in [-0.2, -0.15) is 0 Å². The van der Waals surface area contributed by atoms with Crippen LogP contribution in [0.3, 0.4) is 0 Å². The average Bonchev–Trinajstić information content (AvgIpc) is 3.37. The number of hydrogen-bond acceptors (Lipinski definition) is 6. The largest absolute Gasteiger partial charge is 0.405 e. The number of anilines is 1. The fourth-order valence-electron chi connectivity index (χ4n) is 3.04. The smallest absolute Gasteiger partial charge is 0.315 e. The van der Waals surface area contributed by atoms with E-state index in [1.165, 1.54) is 10.4 Å². The predicted molar refractivity (Wildman–Crippen MR) is 93.3 cm³/mol. The minimum Gasteiger partial charge on any atom is -0.405 e. The average molecular weight is 341 g/mol. The number of nitrogens with zero attached hydrogens (tertiary/aromatic N) is 2. The number of aromatic nitrogens is 2. The standard InChI is InChI=1S/C18H19N3O2S/c1-2-5-13(6-3-1)15-9-11-22-16(15)17-20-21-18(23-17)19-10-8-14-7-4-12-24-14/h1-7,12,15-16H,8-11H2,(H,19,21)/t15-,16-/m1/s1. The molecule has 0 saturated carbocycles. The maximum Gasteiger partial charge on any atom is 0.315 e. The lowest BCUT2D eigenvalue weighted by Gasteiger charge is -2.15. The van der Waals surface area contributed by atoms with Crippen molar-refractivity contribution in [1.82, 2.24) is 10.2 Å². The molecule has 3 heterocycles. The lowest BCUT2D eigenvalue weighted by Crippen LogP contribution is -2.06. The molecule has 1 aliphatic rings. The third-order valence-corrected chi connectivity index (χ3v) is 5.17. The molecule has 1 aromatic carbocycles. The molecule has 0 unspecified atom stereocenters. The van der Waals surface area contributed by atoms with Crippen molar-refractivity contribution in [3.8, 4) is 0 Å². The molecular weight excluding hydrogens is 322 g/mol. The maximum atomic E-state index is 5.86. The molecule has 1 fully saturated rings. The molecule has 4 rings (SSSR count). The van der Waals surface area contributed by atoms with Crippen molar-refractivity contribution >= 4 is 17.4 Å². The van der Waals surface area contributed by atoms with Gasteiger partial charge in [-0.25, -0.2) is 0 Å². The summed E-state index contributed by atoms with van der Waals surface area (Å²) < 4.78 is 11.6. The highest BCUT2D eigenvalue weighted by Crippen LogP contribution is 2.41. The molecule has 0 spiro atoms. The first-order valence-electron chi connectivity index (χ1n) is 8.16. The van der Waals surface area contributed by atoms with Gasteiger partial charge in [0.15, 0.2) is 0 Å². The van der Waals surface area contributed by atoms with E-state index in [0.717, 1.165) is 19.4 Å². The summed E-state index contributed by atoms with van der Waals surface area (Å²) in [5.41, 5.74) is 1.26. The van der Waals surface area contributed by atoms with E-state index in [-0.39, 0.29) is 12.0 Å². The van der Waals surface area contributed by atoms with Gasteiger partial charge >= 0.3 is 6.01 Å². The van der Waals surface area contributed by atoms with Gasteiger partial charge in [-0.15, -0.1) is 16.4 Å². The van der Waals surface area contributed by atoms with Crippen LogP contribution < -0.4 is 5.32 Å². The summed E-state index contributed by atoms with van der Waals surface area (Å²) in [7, 11) is 0. The Kier molecular flexibility index (Phi) is 4.57. The molecule has 0 amide bonds. The highest BCUT2D eigenvalue weighted by molar-refractivity contribution is 7.09. The second-order valence-corrected chi connectivity index (χ2v) is 6.83. The van der Waals surface area contributed by atoms with Crippen LogP contribution >= 0.6 is 11.3 Å². The Morgan fingerprint density at radius 3 is 2.88 bits per heavy atom. The Bertz CT molecular complexity index is 758. The van der Waals surface area contributed by atoms with E-state index in [1.807, 2.05) is 6.07 Å². The van der Waals surface area contributed by atoms with Crippen LogP contribution in [0.25, 0.3) is 0 Å². The number of nitrogens with one attached hydrogen (secondary N) is 1. The Labute approximate surface area is 144 Å². The first kappa shape index (κ1) is 15.4. The van der Waals surface area contributed by atoms with Crippen molar-refractivity contribution in [1.29, 1.82) is 0 Å². The van der Waals surface area contributed by atoms with Gasteiger partial charge in [-0.05, 0) is 29.9 Å². The number of benzene rings is 1. The summed E-state index contributed by atoms with van der Waals surface area (Å²) in [4.78, 5) is 1.34. The van der Waals surface area contributed by atoms with Crippen LogP contribution in [0.1, 0.15) is 34.8 Å². The second kappa shape index (κ2) is 7.15. The molecule has 1 N–H and O–H groups in total. The van der Waals surface area contributed by atoms with Gasteiger partial charge in [0.1, 0.15) is 6.10 Å². The summed E-state index contributed by atoms with van der Waals surface area (Å²) >= 11 is 1.75. The molecule has 0 radical (unpaired) electrons. The normalized spacial score (nSPS) is 20.3. The number of thiophene rings is 1. The molecule has 1 aliphatic heterocycles. The molecule has 2 atom stereocenters. The molecule has 1 saturated heterocycles. The van der Waals surface area contributed by atoms with Gasteiger partial charge in [0.2, 0.25) is 5.89 Å². The quantitative estimate of drug-likeness (QED) is 0.733. The maximum absolute atomic E-state index is 5.86. The Morgan fingerprint density at radius 1 is 1.12 bits per heavy atom. The van der Waals surface area contributed by atoms with Gasteiger partial charge in [0.25, 0.3) is 0 Å². The van der Waals surface area contributed by atoms with E-state index < -0.39 is 0 Å². The highest BCUT2D eigenvalue weighted by atomic mass is 32.1. The topological polar surface area (TPSA) is 60.2 Å². The third kappa shape index (κ3) is 3.34. The number of hydrogen-bond donors (Lipinski definition) is 1. The van der Waals surface area contributed by atoms with Crippen LogP contribution in [0.5, 0.6) is 0 Å². The summed E-state index contributed by atoms with van der Waals surface area (Å²) in [6.07, 6.45) is 1.76. The van der Waals surface area contributed by atoms with E-state index in [0.29, 0.717) is 18.5 Å².